The van der Waals surface area contributed by atoms with Gasteiger partial charge in [0.1, 0.15) is 23.9 Å². The second kappa shape index (κ2) is 9.50. The number of nitrogens with one attached hydrogen (secondary N) is 1. The molecule has 6 nitrogen and oxygen atoms in total. The second-order valence-electron chi connectivity index (χ2n) is 6.17. The van der Waals surface area contributed by atoms with Crippen LogP contribution in [-0.4, -0.2) is 40.8 Å². The number of halogens is 2. The van der Waals surface area contributed by atoms with Gasteiger partial charge in [-0.15, -0.1) is 0 Å². The van der Waals surface area contributed by atoms with Crippen LogP contribution >= 0.6 is 0 Å². The maximum Gasteiger partial charge on any atom is 0.240 e. The zero-order valence-corrected chi connectivity index (χ0v) is 16.4. The van der Waals surface area contributed by atoms with Gasteiger partial charge in [0.25, 0.3) is 0 Å². The van der Waals surface area contributed by atoms with Gasteiger partial charge in [-0.2, -0.15) is 0 Å². The molecule has 1 amide bonds. The number of benzene rings is 2. The maximum absolute atomic E-state index is 13.9. The summed E-state index contributed by atoms with van der Waals surface area (Å²) in [5.41, 5.74) is 0.693. The number of sulfonamides is 1. The van der Waals surface area contributed by atoms with Crippen LogP contribution in [0.15, 0.2) is 42.5 Å². The molecular weight excluding hydrogens is 390 g/mol. The summed E-state index contributed by atoms with van der Waals surface area (Å²) >= 11 is 0. The van der Waals surface area contributed by atoms with Gasteiger partial charge >= 0.3 is 0 Å². The number of hydrogen-bond acceptors (Lipinski definition) is 4. The van der Waals surface area contributed by atoms with Crippen LogP contribution in [0.3, 0.4) is 0 Å². The third kappa shape index (κ3) is 6.19. The van der Waals surface area contributed by atoms with Crippen molar-refractivity contribution in [2.45, 2.75) is 12.8 Å². The number of hydrogen-bond donors (Lipinski definition) is 1. The van der Waals surface area contributed by atoms with Gasteiger partial charge < -0.3 is 10.1 Å². The minimum absolute atomic E-state index is 0.328. The molecule has 0 atom stereocenters. The van der Waals surface area contributed by atoms with Crippen LogP contribution in [0.25, 0.3) is 0 Å². The lowest BCUT2D eigenvalue weighted by Gasteiger charge is -2.22. The summed E-state index contributed by atoms with van der Waals surface area (Å²) in [6.07, 6.45) is 2.21. The Bertz CT molecular complexity index is 918. The number of ether oxygens (including phenoxy) is 1. The molecule has 0 saturated heterocycles. The Hall–Kier alpha value is -2.68. The first-order valence-corrected chi connectivity index (χ1v) is 10.4. The number of aryl methyl sites for hydroxylation is 1. The summed E-state index contributed by atoms with van der Waals surface area (Å²) < 4.78 is 56.6. The van der Waals surface area contributed by atoms with Gasteiger partial charge in [-0.3, -0.25) is 9.10 Å². The molecular formula is C19H22F2N2O4S. The van der Waals surface area contributed by atoms with E-state index in [1.807, 2.05) is 24.3 Å². The van der Waals surface area contributed by atoms with Gasteiger partial charge in [0, 0.05) is 12.6 Å². The van der Waals surface area contributed by atoms with Crippen LogP contribution < -0.4 is 14.4 Å². The average Bonchev–Trinajstić information content (AvgIpc) is 2.63. The van der Waals surface area contributed by atoms with E-state index in [1.165, 1.54) is 0 Å². The van der Waals surface area contributed by atoms with E-state index in [9.17, 15) is 22.0 Å². The van der Waals surface area contributed by atoms with Crippen molar-refractivity contribution >= 4 is 21.6 Å². The first-order chi connectivity index (χ1) is 13.2. The number of nitrogens with zero attached hydrogens (tertiary/aromatic N) is 1. The molecule has 0 fully saturated rings. The molecule has 0 radical (unpaired) electrons. The van der Waals surface area contributed by atoms with E-state index in [1.54, 1.807) is 7.11 Å². The van der Waals surface area contributed by atoms with E-state index < -0.39 is 34.1 Å². The quantitative estimate of drug-likeness (QED) is 0.642. The van der Waals surface area contributed by atoms with E-state index >= 15 is 0 Å². The number of methoxy groups -OCH3 is 1. The zero-order chi connectivity index (χ0) is 20.7. The molecule has 28 heavy (non-hydrogen) atoms. The summed E-state index contributed by atoms with van der Waals surface area (Å²) in [5, 5.41) is 2.61. The van der Waals surface area contributed by atoms with Crippen molar-refractivity contribution in [2.75, 3.05) is 30.8 Å². The van der Waals surface area contributed by atoms with Crippen molar-refractivity contribution in [1.82, 2.24) is 5.32 Å². The molecule has 0 aromatic heterocycles. The number of amides is 1. The summed E-state index contributed by atoms with van der Waals surface area (Å²) in [5.74, 6) is -1.72. The SMILES string of the molecule is COc1ccc(CCCNC(=O)CN(c2ccc(F)cc2F)S(C)(=O)=O)cc1. The fourth-order valence-corrected chi connectivity index (χ4v) is 3.42. The topological polar surface area (TPSA) is 75.7 Å². The Kier molecular flexibility index (Phi) is 7.33. The van der Waals surface area contributed by atoms with Gasteiger partial charge in [0.05, 0.1) is 19.1 Å². The summed E-state index contributed by atoms with van der Waals surface area (Å²) in [6, 6.07) is 10.0. The molecule has 9 heteroatoms. The van der Waals surface area contributed by atoms with Crippen LogP contribution in [0.4, 0.5) is 14.5 Å². The minimum atomic E-state index is -3.93. The first kappa shape index (κ1) is 21.6. The lowest BCUT2D eigenvalue weighted by atomic mass is 10.1. The third-order valence-electron chi connectivity index (χ3n) is 3.99. The average molecular weight is 412 g/mol. The molecule has 2 aromatic rings. The van der Waals surface area contributed by atoms with Gasteiger partial charge in [0.15, 0.2) is 0 Å². The highest BCUT2D eigenvalue weighted by Crippen LogP contribution is 2.22. The molecule has 0 saturated carbocycles. The predicted molar refractivity (Wildman–Crippen MR) is 103 cm³/mol. The van der Waals surface area contributed by atoms with E-state index in [0.29, 0.717) is 29.8 Å². The lowest BCUT2D eigenvalue weighted by molar-refractivity contribution is -0.119. The van der Waals surface area contributed by atoms with Crippen molar-refractivity contribution in [1.29, 1.82) is 0 Å². The summed E-state index contributed by atoms with van der Waals surface area (Å²) in [7, 11) is -2.34. The largest absolute Gasteiger partial charge is 0.497 e. The van der Waals surface area contributed by atoms with Crippen molar-refractivity contribution < 1.29 is 26.7 Å². The molecule has 0 aliphatic heterocycles. The number of carbonyl (C=O) groups is 1. The van der Waals surface area contributed by atoms with Crippen LogP contribution in [0.5, 0.6) is 5.75 Å². The van der Waals surface area contributed by atoms with E-state index in [-0.39, 0.29) is 5.69 Å². The normalized spacial score (nSPS) is 11.1. The standard InChI is InChI=1S/C19H22F2N2O4S/c1-27-16-8-5-14(6-9-16)4-3-11-22-19(24)13-23(28(2,25)26)18-10-7-15(20)12-17(18)21/h5-10,12H,3-4,11,13H2,1-2H3,(H,22,24). The maximum atomic E-state index is 13.9. The highest BCUT2D eigenvalue weighted by atomic mass is 32.2. The lowest BCUT2D eigenvalue weighted by Crippen LogP contribution is -2.41. The monoisotopic (exact) mass is 412 g/mol. The molecule has 0 aliphatic carbocycles. The van der Waals surface area contributed by atoms with Gasteiger partial charge in [-0.1, -0.05) is 12.1 Å². The van der Waals surface area contributed by atoms with Crippen LogP contribution in [0.2, 0.25) is 0 Å². The molecule has 2 rings (SSSR count). The van der Waals surface area contributed by atoms with Crippen LogP contribution in [0.1, 0.15) is 12.0 Å². The second-order valence-corrected chi connectivity index (χ2v) is 8.07. The van der Waals surface area contributed by atoms with Crippen LogP contribution in [-0.2, 0) is 21.2 Å². The van der Waals surface area contributed by atoms with E-state index in [4.69, 9.17) is 4.74 Å². The van der Waals surface area contributed by atoms with Gasteiger partial charge in [-0.25, -0.2) is 17.2 Å². The van der Waals surface area contributed by atoms with Crippen molar-refractivity contribution in [3.05, 3.63) is 59.7 Å². The number of carbonyl (C=O) groups excluding carboxylic acids is 1. The highest BCUT2D eigenvalue weighted by molar-refractivity contribution is 7.92. The Morgan fingerprint density at radius 2 is 1.82 bits per heavy atom. The molecule has 1 N–H and O–H groups in total. The van der Waals surface area contributed by atoms with Gasteiger partial charge in [-0.05, 0) is 42.7 Å². The number of anilines is 1. The van der Waals surface area contributed by atoms with E-state index in [0.717, 1.165) is 29.7 Å². The Morgan fingerprint density at radius 1 is 1.14 bits per heavy atom. The smallest absolute Gasteiger partial charge is 0.240 e. The molecule has 0 heterocycles. The Morgan fingerprint density at radius 3 is 2.39 bits per heavy atom. The molecule has 152 valence electrons. The molecule has 0 spiro atoms. The summed E-state index contributed by atoms with van der Waals surface area (Å²) in [6.45, 7) is -0.266. The minimum Gasteiger partial charge on any atom is -0.497 e. The van der Waals surface area contributed by atoms with Crippen molar-refractivity contribution in [3.8, 4) is 5.75 Å². The van der Waals surface area contributed by atoms with Crippen molar-refractivity contribution in [3.63, 3.8) is 0 Å². The number of rotatable bonds is 9. The van der Waals surface area contributed by atoms with E-state index in [2.05, 4.69) is 5.32 Å². The third-order valence-corrected chi connectivity index (χ3v) is 5.12. The van der Waals surface area contributed by atoms with Gasteiger partial charge in [0.2, 0.25) is 15.9 Å². The first-order valence-electron chi connectivity index (χ1n) is 8.53. The predicted octanol–water partition coefficient (Wildman–Crippen LogP) is 2.49. The Labute approximate surface area is 163 Å². The highest BCUT2D eigenvalue weighted by Gasteiger charge is 2.23. The Balaban J connectivity index is 1.91. The molecule has 0 bridgehead atoms. The van der Waals surface area contributed by atoms with Crippen LogP contribution in [0, 0.1) is 11.6 Å². The summed E-state index contributed by atoms with van der Waals surface area (Å²) in [4.78, 5) is 12.1. The fraction of sp³-hybridized carbons (Fsp3) is 0.316. The molecule has 0 aliphatic rings. The fourth-order valence-electron chi connectivity index (χ4n) is 2.56. The van der Waals surface area contributed by atoms with Crippen molar-refractivity contribution in [2.24, 2.45) is 0 Å². The zero-order valence-electron chi connectivity index (χ0n) is 15.6. The molecule has 2 aromatic carbocycles. The molecule has 0 unspecified atom stereocenters.